The summed E-state index contributed by atoms with van der Waals surface area (Å²) >= 11 is 0. The van der Waals surface area contributed by atoms with Crippen LogP contribution in [-0.2, 0) is 11.2 Å². The summed E-state index contributed by atoms with van der Waals surface area (Å²) in [6, 6.07) is 7.75. The van der Waals surface area contributed by atoms with E-state index in [1.807, 2.05) is 38.1 Å². The lowest BCUT2D eigenvalue weighted by Gasteiger charge is -2.11. The number of nitrogens with one attached hydrogen (secondary N) is 1. The standard InChI is InChI=1S/C16H23NO3/c1-12(11-16(19)17-13(2)8-9-18)10-14-6-4-5-7-15(14)20-3/h4-7,11,13,18H,8-10H2,1-3H3,(H,17,19)/b12-11+. The van der Waals surface area contributed by atoms with Crippen LogP contribution in [0.5, 0.6) is 5.75 Å². The van der Waals surface area contributed by atoms with E-state index in [0.717, 1.165) is 16.9 Å². The Kier molecular flexibility index (Phi) is 6.81. The first-order chi connectivity index (χ1) is 9.56. The molecule has 1 atom stereocenters. The van der Waals surface area contributed by atoms with Crippen LogP contribution in [0.3, 0.4) is 0 Å². The minimum absolute atomic E-state index is 0.0252. The van der Waals surface area contributed by atoms with Crippen LogP contribution in [0.4, 0.5) is 0 Å². The zero-order valence-electron chi connectivity index (χ0n) is 12.3. The molecular formula is C16H23NO3. The molecule has 0 radical (unpaired) electrons. The highest BCUT2D eigenvalue weighted by Crippen LogP contribution is 2.20. The number of ether oxygens (including phenoxy) is 1. The van der Waals surface area contributed by atoms with E-state index in [-0.39, 0.29) is 18.6 Å². The van der Waals surface area contributed by atoms with Gasteiger partial charge in [0.1, 0.15) is 5.75 Å². The normalized spacial score (nSPS) is 12.9. The van der Waals surface area contributed by atoms with E-state index in [1.165, 1.54) is 0 Å². The summed E-state index contributed by atoms with van der Waals surface area (Å²) in [5.41, 5.74) is 2.02. The average molecular weight is 277 g/mol. The summed E-state index contributed by atoms with van der Waals surface area (Å²) in [7, 11) is 1.64. The lowest BCUT2D eigenvalue weighted by Crippen LogP contribution is -2.32. The van der Waals surface area contributed by atoms with E-state index in [1.54, 1.807) is 13.2 Å². The molecule has 0 aromatic heterocycles. The second kappa shape index (κ2) is 8.38. The summed E-state index contributed by atoms with van der Waals surface area (Å²) < 4.78 is 5.29. The zero-order chi connectivity index (χ0) is 15.0. The van der Waals surface area contributed by atoms with Crippen molar-refractivity contribution >= 4 is 5.91 Å². The Balaban J connectivity index is 2.63. The number of aliphatic hydroxyl groups is 1. The van der Waals surface area contributed by atoms with Gasteiger partial charge in [-0.15, -0.1) is 0 Å². The van der Waals surface area contributed by atoms with Crippen molar-refractivity contribution in [1.29, 1.82) is 0 Å². The van der Waals surface area contributed by atoms with Crippen molar-refractivity contribution in [3.63, 3.8) is 0 Å². The van der Waals surface area contributed by atoms with Crippen molar-refractivity contribution < 1.29 is 14.6 Å². The maximum atomic E-state index is 11.8. The molecule has 0 aliphatic carbocycles. The fourth-order valence-corrected chi connectivity index (χ4v) is 1.97. The van der Waals surface area contributed by atoms with Crippen LogP contribution in [0.15, 0.2) is 35.9 Å². The van der Waals surface area contributed by atoms with Gasteiger partial charge in [-0.05, 0) is 38.3 Å². The molecule has 0 spiro atoms. The first-order valence-electron chi connectivity index (χ1n) is 6.77. The summed E-state index contributed by atoms with van der Waals surface area (Å²) in [6.07, 6.45) is 2.83. The third-order valence-corrected chi connectivity index (χ3v) is 2.99. The Morgan fingerprint density at radius 3 is 2.80 bits per heavy atom. The molecule has 20 heavy (non-hydrogen) atoms. The van der Waals surface area contributed by atoms with Crippen LogP contribution in [-0.4, -0.2) is 30.8 Å². The van der Waals surface area contributed by atoms with Crippen LogP contribution in [0.2, 0.25) is 0 Å². The van der Waals surface area contributed by atoms with Crippen molar-refractivity contribution in [2.75, 3.05) is 13.7 Å². The molecule has 4 nitrogen and oxygen atoms in total. The van der Waals surface area contributed by atoms with E-state index in [9.17, 15) is 4.79 Å². The lowest BCUT2D eigenvalue weighted by molar-refractivity contribution is -0.117. The molecule has 0 aliphatic heterocycles. The van der Waals surface area contributed by atoms with E-state index in [4.69, 9.17) is 9.84 Å². The maximum absolute atomic E-state index is 11.8. The van der Waals surface area contributed by atoms with Gasteiger partial charge in [-0.25, -0.2) is 0 Å². The summed E-state index contributed by atoms with van der Waals surface area (Å²) in [5, 5.41) is 11.6. The minimum atomic E-state index is -0.127. The first-order valence-corrected chi connectivity index (χ1v) is 6.77. The van der Waals surface area contributed by atoms with Crippen LogP contribution >= 0.6 is 0 Å². The number of para-hydroxylation sites is 1. The highest BCUT2D eigenvalue weighted by Gasteiger charge is 2.06. The Bertz CT molecular complexity index is 469. The Morgan fingerprint density at radius 2 is 2.15 bits per heavy atom. The van der Waals surface area contributed by atoms with E-state index >= 15 is 0 Å². The Hall–Kier alpha value is -1.81. The first kappa shape index (κ1) is 16.2. The second-order valence-corrected chi connectivity index (χ2v) is 4.90. The topological polar surface area (TPSA) is 58.6 Å². The molecule has 0 heterocycles. The molecule has 110 valence electrons. The van der Waals surface area contributed by atoms with Crippen molar-refractivity contribution in [3.8, 4) is 5.75 Å². The van der Waals surface area contributed by atoms with E-state index in [0.29, 0.717) is 12.8 Å². The summed E-state index contributed by atoms with van der Waals surface area (Å²) in [5.74, 6) is 0.702. The molecule has 0 aliphatic rings. The predicted octanol–water partition coefficient (Wildman–Crippen LogP) is 2.07. The molecule has 1 amide bonds. The van der Waals surface area contributed by atoms with Crippen LogP contribution in [0.25, 0.3) is 0 Å². The van der Waals surface area contributed by atoms with Gasteiger partial charge in [-0.2, -0.15) is 0 Å². The highest BCUT2D eigenvalue weighted by molar-refractivity contribution is 5.88. The molecule has 1 rings (SSSR count). The Morgan fingerprint density at radius 1 is 1.45 bits per heavy atom. The molecule has 0 fully saturated rings. The smallest absolute Gasteiger partial charge is 0.244 e. The highest BCUT2D eigenvalue weighted by atomic mass is 16.5. The SMILES string of the molecule is COc1ccccc1C/C(C)=C/C(=O)NC(C)CCO. The number of allylic oxidation sites excluding steroid dienone is 1. The molecular weight excluding hydrogens is 254 g/mol. The molecule has 1 aromatic rings. The third kappa shape index (κ3) is 5.45. The summed E-state index contributed by atoms with van der Waals surface area (Å²) in [4.78, 5) is 11.8. The number of carbonyl (C=O) groups is 1. The fraction of sp³-hybridized carbons (Fsp3) is 0.438. The minimum Gasteiger partial charge on any atom is -0.496 e. The molecule has 4 heteroatoms. The number of benzene rings is 1. The number of carbonyl (C=O) groups excluding carboxylic acids is 1. The van der Waals surface area contributed by atoms with Gasteiger partial charge in [-0.1, -0.05) is 23.8 Å². The molecule has 2 N–H and O–H groups in total. The quantitative estimate of drug-likeness (QED) is 0.750. The molecule has 1 unspecified atom stereocenters. The third-order valence-electron chi connectivity index (χ3n) is 2.99. The Labute approximate surface area is 120 Å². The number of rotatable bonds is 7. The number of hydrogen-bond acceptors (Lipinski definition) is 3. The fourth-order valence-electron chi connectivity index (χ4n) is 1.97. The lowest BCUT2D eigenvalue weighted by atomic mass is 10.0. The number of aliphatic hydroxyl groups excluding tert-OH is 1. The average Bonchev–Trinajstić information content (AvgIpc) is 2.39. The predicted molar refractivity (Wildman–Crippen MR) is 79.8 cm³/mol. The second-order valence-electron chi connectivity index (χ2n) is 4.90. The van der Waals surface area contributed by atoms with Crippen LogP contribution in [0.1, 0.15) is 25.8 Å². The van der Waals surface area contributed by atoms with Gasteiger partial charge < -0.3 is 15.2 Å². The van der Waals surface area contributed by atoms with Gasteiger partial charge in [-0.3, -0.25) is 4.79 Å². The number of amides is 1. The van der Waals surface area contributed by atoms with Gasteiger partial charge in [0, 0.05) is 18.7 Å². The van der Waals surface area contributed by atoms with Crippen molar-refractivity contribution in [3.05, 3.63) is 41.5 Å². The van der Waals surface area contributed by atoms with Gasteiger partial charge in [0.15, 0.2) is 0 Å². The largest absolute Gasteiger partial charge is 0.496 e. The van der Waals surface area contributed by atoms with Gasteiger partial charge in [0.25, 0.3) is 0 Å². The van der Waals surface area contributed by atoms with Gasteiger partial charge in [0.05, 0.1) is 7.11 Å². The summed E-state index contributed by atoms with van der Waals surface area (Å²) in [6.45, 7) is 3.87. The van der Waals surface area contributed by atoms with E-state index < -0.39 is 0 Å². The van der Waals surface area contributed by atoms with Crippen molar-refractivity contribution in [1.82, 2.24) is 5.32 Å². The van der Waals surface area contributed by atoms with Crippen LogP contribution in [0, 0.1) is 0 Å². The van der Waals surface area contributed by atoms with E-state index in [2.05, 4.69) is 5.32 Å². The number of methoxy groups -OCH3 is 1. The van der Waals surface area contributed by atoms with Crippen LogP contribution < -0.4 is 10.1 Å². The monoisotopic (exact) mass is 277 g/mol. The molecule has 0 bridgehead atoms. The van der Waals surface area contributed by atoms with Crippen molar-refractivity contribution in [2.45, 2.75) is 32.7 Å². The molecule has 0 saturated carbocycles. The number of hydrogen-bond donors (Lipinski definition) is 2. The van der Waals surface area contributed by atoms with Gasteiger partial charge >= 0.3 is 0 Å². The van der Waals surface area contributed by atoms with Crippen molar-refractivity contribution in [2.24, 2.45) is 0 Å². The maximum Gasteiger partial charge on any atom is 0.244 e. The van der Waals surface area contributed by atoms with Gasteiger partial charge in [0.2, 0.25) is 5.91 Å². The molecule has 0 saturated heterocycles. The zero-order valence-corrected chi connectivity index (χ0v) is 12.3. The molecule has 1 aromatic carbocycles.